The molecule has 3 rings (SSSR count). The molecule has 0 bridgehead atoms. The molecule has 5 heteroatoms. The molecule has 128 valence electrons. The number of aliphatic carboxylic acids is 1. The Morgan fingerprint density at radius 3 is 2.31 bits per heavy atom. The van der Waals surface area contributed by atoms with Crippen molar-refractivity contribution in [2.45, 2.75) is 17.2 Å². The molecule has 2 aromatic carbocycles. The second-order valence-electron chi connectivity index (χ2n) is 5.73. The first-order valence-corrected chi connectivity index (χ1v) is 8.89. The summed E-state index contributed by atoms with van der Waals surface area (Å²) in [6.45, 7) is 1.90. The number of rotatable bonds is 5. The molecule has 1 atom stereocenters. The second-order valence-corrected chi connectivity index (χ2v) is 6.83. The number of hydrogen-bond acceptors (Lipinski definition) is 4. The molecule has 0 aliphatic heterocycles. The monoisotopic (exact) mass is 360 g/mol. The minimum absolute atomic E-state index is 0.384. The van der Waals surface area contributed by atoms with Gasteiger partial charge in [-0.25, -0.2) is 4.98 Å². The predicted molar refractivity (Wildman–Crippen MR) is 102 cm³/mol. The van der Waals surface area contributed by atoms with Crippen LogP contribution in [0.15, 0.2) is 71.8 Å². The molecular weight excluding hydrogens is 344 g/mol. The number of carboxylic acids is 1. The van der Waals surface area contributed by atoms with E-state index in [2.05, 4.69) is 11.1 Å². The van der Waals surface area contributed by atoms with Gasteiger partial charge in [0.05, 0.1) is 11.3 Å². The van der Waals surface area contributed by atoms with Crippen molar-refractivity contribution in [3.63, 3.8) is 0 Å². The maximum Gasteiger partial charge on any atom is 0.321 e. The summed E-state index contributed by atoms with van der Waals surface area (Å²) in [6.07, 6.45) is 0. The van der Waals surface area contributed by atoms with Gasteiger partial charge >= 0.3 is 5.97 Å². The molecule has 0 aliphatic carbocycles. The van der Waals surface area contributed by atoms with E-state index in [0.29, 0.717) is 16.2 Å². The van der Waals surface area contributed by atoms with E-state index in [9.17, 15) is 15.2 Å². The van der Waals surface area contributed by atoms with Crippen LogP contribution in [0.5, 0.6) is 0 Å². The fraction of sp³-hybridized carbons (Fsp3) is 0.0952. The minimum Gasteiger partial charge on any atom is -0.480 e. The molecule has 0 spiro atoms. The van der Waals surface area contributed by atoms with Crippen LogP contribution < -0.4 is 0 Å². The molecule has 4 nitrogen and oxygen atoms in total. The summed E-state index contributed by atoms with van der Waals surface area (Å²) < 4.78 is 0. The maximum absolute atomic E-state index is 11.8. The van der Waals surface area contributed by atoms with Gasteiger partial charge in [0, 0.05) is 5.56 Å². The maximum atomic E-state index is 11.8. The molecule has 0 saturated carbocycles. The zero-order chi connectivity index (χ0) is 18.5. The van der Waals surface area contributed by atoms with Crippen molar-refractivity contribution in [3.8, 4) is 17.3 Å². The predicted octanol–water partition coefficient (Wildman–Crippen LogP) is 4.85. The van der Waals surface area contributed by atoms with Crippen LogP contribution in [0.4, 0.5) is 0 Å². The number of pyridine rings is 1. The lowest BCUT2D eigenvalue weighted by Gasteiger charge is -2.15. The van der Waals surface area contributed by atoms with Crippen LogP contribution in [0.1, 0.15) is 21.9 Å². The number of nitriles is 1. The van der Waals surface area contributed by atoms with Crippen molar-refractivity contribution in [2.75, 3.05) is 0 Å². The molecule has 0 amide bonds. The summed E-state index contributed by atoms with van der Waals surface area (Å²) in [6, 6.07) is 22.5. The summed E-state index contributed by atoms with van der Waals surface area (Å²) in [5, 5.41) is 18.7. The fourth-order valence-electron chi connectivity index (χ4n) is 2.66. The Bertz CT molecular complexity index is 967. The van der Waals surface area contributed by atoms with Crippen LogP contribution in [0.2, 0.25) is 0 Å². The molecule has 1 N–H and O–H groups in total. The fourth-order valence-corrected chi connectivity index (χ4v) is 3.65. The van der Waals surface area contributed by atoms with Gasteiger partial charge in [0.2, 0.25) is 0 Å². The summed E-state index contributed by atoms with van der Waals surface area (Å²) in [5.41, 5.74) is 3.61. The van der Waals surface area contributed by atoms with Gasteiger partial charge in [-0.1, -0.05) is 72.4 Å². The summed E-state index contributed by atoms with van der Waals surface area (Å²) >= 11 is 1.09. The highest BCUT2D eigenvalue weighted by atomic mass is 32.2. The smallest absolute Gasteiger partial charge is 0.321 e. The van der Waals surface area contributed by atoms with Gasteiger partial charge in [0.25, 0.3) is 0 Å². The van der Waals surface area contributed by atoms with E-state index in [1.54, 1.807) is 30.3 Å². The van der Waals surface area contributed by atoms with Crippen molar-refractivity contribution in [3.05, 3.63) is 83.4 Å². The van der Waals surface area contributed by atoms with E-state index in [0.717, 1.165) is 28.6 Å². The first-order valence-electron chi connectivity index (χ1n) is 8.01. The number of carboxylic acid groups (broad SMARTS) is 1. The van der Waals surface area contributed by atoms with Gasteiger partial charge in [-0.2, -0.15) is 5.26 Å². The van der Waals surface area contributed by atoms with Gasteiger partial charge in [-0.3, -0.25) is 4.79 Å². The van der Waals surface area contributed by atoms with Gasteiger partial charge in [-0.05, 0) is 24.1 Å². The van der Waals surface area contributed by atoms with Crippen LogP contribution in [-0.4, -0.2) is 16.1 Å². The van der Waals surface area contributed by atoms with Gasteiger partial charge in [-0.15, -0.1) is 0 Å². The van der Waals surface area contributed by atoms with Crippen molar-refractivity contribution in [1.82, 2.24) is 4.98 Å². The quantitative estimate of drug-likeness (QED) is 0.659. The van der Waals surface area contributed by atoms with E-state index in [1.165, 1.54) is 0 Å². The van der Waals surface area contributed by atoms with Crippen LogP contribution in [0.25, 0.3) is 11.3 Å². The molecule has 0 radical (unpaired) electrons. The van der Waals surface area contributed by atoms with Crippen LogP contribution >= 0.6 is 11.8 Å². The first kappa shape index (κ1) is 17.7. The third kappa shape index (κ3) is 3.76. The standard InChI is InChI=1S/C21H16N2O2S/c1-14-12-17(13-22)20(23-18(14)15-8-4-2-5-9-15)26-19(21(24)25)16-10-6-3-7-11-16/h2-12,19H,1H3,(H,24,25). The number of benzene rings is 2. The molecule has 1 heterocycles. The largest absolute Gasteiger partial charge is 0.480 e. The molecule has 1 aromatic heterocycles. The first-order chi connectivity index (χ1) is 12.6. The van der Waals surface area contributed by atoms with Crippen LogP contribution in [0, 0.1) is 18.3 Å². The SMILES string of the molecule is Cc1cc(C#N)c(SC(C(=O)O)c2ccccc2)nc1-c1ccccc1. The molecule has 0 fully saturated rings. The molecule has 26 heavy (non-hydrogen) atoms. The highest BCUT2D eigenvalue weighted by Crippen LogP contribution is 2.37. The van der Waals surface area contributed by atoms with Crippen LogP contribution in [-0.2, 0) is 4.79 Å². The van der Waals surface area contributed by atoms with Crippen LogP contribution in [0.3, 0.4) is 0 Å². The minimum atomic E-state index is -0.964. The second kappa shape index (κ2) is 7.85. The van der Waals surface area contributed by atoms with Gasteiger partial charge in [0.15, 0.2) is 0 Å². The molecular formula is C21H16N2O2S. The topological polar surface area (TPSA) is 74.0 Å². The third-order valence-electron chi connectivity index (χ3n) is 3.90. The Kier molecular flexibility index (Phi) is 5.35. The average molecular weight is 360 g/mol. The van der Waals surface area contributed by atoms with Crippen molar-refractivity contribution in [2.24, 2.45) is 0 Å². The lowest BCUT2D eigenvalue weighted by molar-refractivity contribution is -0.136. The normalized spacial score (nSPS) is 11.5. The molecule has 0 aliphatic rings. The Hall–Kier alpha value is -3.10. The Morgan fingerprint density at radius 2 is 1.73 bits per heavy atom. The molecule has 0 saturated heterocycles. The third-order valence-corrected chi connectivity index (χ3v) is 5.15. The van der Waals surface area contributed by atoms with E-state index in [1.807, 2.05) is 43.3 Å². The average Bonchev–Trinajstić information content (AvgIpc) is 2.67. The van der Waals surface area contributed by atoms with Gasteiger partial charge in [0.1, 0.15) is 16.3 Å². The number of thioether (sulfide) groups is 1. The van der Waals surface area contributed by atoms with E-state index < -0.39 is 11.2 Å². The van der Waals surface area contributed by atoms with Crippen molar-refractivity contribution >= 4 is 17.7 Å². The number of carbonyl (C=O) groups is 1. The summed E-state index contributed by atoms with van der Waals surface area (Å²) in [5.74, 6) is -0.964. The number of aromatic nitrogens is 1. The number of hydrogen-bond donors (Lipinski definition) is 1. The molecule has 1 unspecified atom stereocenters. The summed E-state index contributed by atoms with van der Waals surface area (Å²) in [4.78, 5) is 16.4. The molecule has 3 aromatic rings. The Labute approximate surface area is 156 Å². The highest BCUT2D eigenvalue weighted by Gasteiger charge is 2.24. The van der Waals surface area contributed by atoms with Gasteiger partial charge < -0.3 is 5.11 Å². The number of aryl methyl sites for hydroxylation is 1. The lowest BCUT2D eigenvalue weighted by atomic mass is 10.1. The van der Waals surface area contributed by atoms with E-state index in [-0.39, 0.29) is 0 Å². The summed E-state index contributed by atoms with van der Waals surface area (Å²) in [7, 11) is 0. The highest BCUT2D eigenvalue weighted by molar-refractivity contribution is 8.00. The Balaban J connectivity index is 2.06. The number of nitrogens with zero attached hydrogens (tertiary/aromatic N) is 2. The van der Waals surface area contributed by atoms with Crippen molar-refractivity contribution < 1.29 is 9.90 Å². The van der Waals surface area contributed by atoms with Crippen molar-refractivity contribution in [1.29, 1.82) is 5.26 Å². The van der Waals surface area contributed by atoms with E-state index >= 15 is 0 Å². The van der Waals surface area contributed by atoms with E-state index in [4.69, 9.17) is 0 Å². The Morgan fingerprint density at radius 1 is 1.12 bits per heavy atom. The zero-order valence-corrected chi connectivity index (χ0v) is 14.9. The lowest BCUT2D eigenvalue weighted by Crippen LogP contribution is -2.09. The zero-order valence-electron chi connectivity index (χ0n) is 14.1.